The van der Waals surface area contributed by atoms with Crippen molar-refractivity contribution in [1.29, 1.82) is 0 Å². The summed E-state index contributed by atoms with van der Waals surface area (Å²) in [6.07, 6.45) is 1.94. The van der Waals surface area contributed by atoms with Gasteiger partial charge in [0.05, 0.1) is 5.41 Å². The molecule has 1 fully saturated rings. The third kappa shape index (κ3) is 4.52. The molecule has 0 unspecified atom stereocenters. The molecule has 0 radical (unpaired) electrons. The van der Waals surface area contributed by atoms with Crippen molar-refractivity contribution in [2.45, 2.75) is 40.0 Å². The molecule has 1 aliphatic rings. The molecule has 2 heterocycles. The first kappa shape index (κ1) is 21.1. The van der Waals surface area contributed by atoms with Gasteiger partial charge in [0.25, 0.3) is 0 Å². The summed E-state index contributed by atoms with van der Waals surface area (Å²) >= 11 is 0. The Morgan fingerprint density at radius 2 is 1.90 bits per heavy atom. The number of rotatable bonds is 4. The second kappa shape index (κ2) is 8.01. The summed E-state index contributed by atoms with van der Waals surface area (Å²) in [5.41, 5.74) is 0.558. The monoisotopic (exact) mass is 397 g/mol. The van der Waals surface area contributed by atoms with E-state index in [0.29, 0.717) is 25.3 Å². The predicted octanol–water partition coefficient (Wildman–Crippen LogP) is 3.63. The van der Waals surface area contributed by atoms with Crippen LogP contribution in [0.2, 0.25) is 0 Å². The first-order valence-corrected chi connectivity index (χ1v) is 10.1. The molecule has 1 aromatic heterocycles. The lowest BCUT2D eigenvalue weighted by Gasteiger charge is -2.44. The molecule has 0 aliphatic carbocycles. The average molecular weight is 398 g/mol. The van der Waals surface area contributed by atoms with E-state index in [-0.39, 0.29) is 11.8 Å². The molecule has 0 N–H and O–H groups in total. The first-order valence-electron chi connectivity index (χ1n) is 10.1. The van der Waals surface area contributed by atoms with Crippen molar-refractivity contribution in [3.63, 3.8) is 0 Å². The predicted molar refractivity (Wildman–Crippen MR) is 112 cm³/mol. The normalized spacial score (nSPS) is 19.8. The molecule has 0 bridgehead atoms. The number of likely N-dealkylation sites (tertiary alicyclic amines) is 1. The van der Waals surface area contributed by atoms with Crippen LogP contribution in [0.15, 0.2) is 40.9 Å². The Hall–Kier alpha value is -2.63. The summed E-state index contributed by atoms with van der Waals surface area (Å²) in [6, 6.07) is 11.7. The number of carbonyl (C=O) groups excluding carboxylic acids is 2. The highest BCUT2D eigenvalue weighted by Gasteiger charge is 2.46. The molecule has 2 aromatic rings. The van der Waals surface area contributed by atoms with Gasteiger partial charge in [-0.25, -0.2) is 0 Å². The number of nitrogens with zero attached hydrogens (tertiary/aromatic N) is 3. The van der Waals surface area contributed by atoms with Crippen molar-refractivity contribution in [3.8, 4) is 11.3 Å². The van der Waals surface area contributed by atoms with Crippen LogP contribution in [0.3, 0.4) is 0 Å². The molecule has 6 heteroatoms. The standard InChI is InChI=1S/C23H31N3O3/c1-22(2,3)20(27)26-13-9-12-23(16-26,21(28)25(4)5)15-18-14-19(24-29-18)17-10-7-6-8-11-17/h6-8,10-11,14H,9,12-13,15-16H2,1-5H3/t23-/m0/s1. The van der Waals surface area contributed by atoms with Crippen molar-refractivity contribution in [1.82, 2.24) is 15.0 Å². The number of amides is 2. The van der Waals surface area contributed by atoms with Gasteiger partial charge in [0, 0.05) is 50.7 Å². The first-order chi connectivity index (χ1) is 13.6. The van der Waals surface area contributed by atoms with Gasteiger partial charge in [-0.1, -0.05) is 56.3 Å². The Kier molecular flexibility index (Phi) is 5.82. The third-order valence-electron chi connectivity index (χ3n) is 5.51. The van der Waals surface area contributed by atoms with Gasteiger partial charge in [-0.2, -0.15) is 0 Å². The van der Waals surface area contributed by atoms with Crippen LogP contribution >= 0.6 is 0 Å². The molecule has 0 saturated carbocycles. The van der Waals surface area contributed by atoms with E-state index in [9.17, 15) is 9.59 Å². The molecule has 29 heavy (non-hydrogen) atoms. The van der Waals surface area contributed by atoms with Crippen LogP contribution in [-0.2, 0) is 16.0 Å². The molecule has 1 atom stereocenters. The van der Waals surface area contributed by atoms with Crippen LogP contribution in [0.1, 0.15) is 39.4 Å². The second-order valence-electron chi connectivity index (χ2n) is 9.28. The van der Waals surface area contributed by atoms with Gasteiger partial charge in [0.1, 0.15) is 11.5 Å². The molecule has 156 valence electrons. The lowest BCUT2D eigenvalue weighted by molar-refractivity contribution is -0.151. The Balaban J connectivity index is 1.89. The van der Waals surface area contributed by atoms with Crippen LogP contribution in [-0.4, -0.2) is 54.0 Å². The molecule has 1 aliphatic heterocycles. The number of benzene rings is 1. The molecule has 3 rings (SSSR count). The van der Waals surface area contributed by atoms with Gasteiger partial charge >= 0.3 is 0 Å². The van der Waals surface area contributed by atoms with Crippen LogP contribution in [0.25, 0.3) is 11.3 Å². The van der Waals surface area contributed by atoms with Crippen molar-refractivity contribution in [2.24, 2.45) is 10.8 Å². The van der Waals surface area contributed by atoms with Crippen molar-refractivity contribution in [3.05, 3.63) is 42.2 Å². The molecular weight excluding hydrogens is 366 g/mol. The summed E-state index contributed by atoms with van der Waals surface area (Å²) < 4.78 is 5.62. The Morgan fingerprint density at radius 1 is 1.21 bits per heavy atom. The topological polar surface area (TPSA) is 66.7 Å². The molecule has 6 nitrogen and oxygen atoms in total. The number of hydrogen-bond donors (Lipinski definition) is 0. The summed E-state index contributed by atoms with van der Waals surface area (Å²) in [4.78, 5) is 29.6. The minimum absolute atomic E-state index is 0.0292. The van der Waals surface area contributed by atoms with Crippen molar-refractivity contribution < 1.29 is 14.1 Å². The van der Waals surface area contributed by atoms with E-state index in [4.69, 9.17) is 4.52 Å². The van der Waals surface area contributed by atoms with Crippen molar-refractivity contribution >= 4 is 11.8 Å². The Labute approximate surface area is 172 Å². The minimum atomic E-state index is -0.698. The van der Waals surface area contributed by atoms with E-state index in [1.165, 1.54) is 0 Å². The van der Waals surface area contributed by atoms with Crippen LogP contribution < -0.4 is 0 Å². The van der Waals surface area contributed by atoms with Crippen LogP contribution in [0.4, 0.5) is 0 Å². The highest BCUT2D eigenvalue weighted by molar-refractivity contribution is 5.86. The lowest BCUT2D eigenvalue weighted by atomic mass is 9.74. The fourth-order valence-electron chi connectivity index (χ4n) is 4.12. The lowest BCUT2D eigenvalue weighted by Crippen LogP contribution is -2.55. The van der Waals surface area contributed by atoms with Gasteiger partial charge in [-0.15, -0.1) is 0 Å². The largest absolute Gasteiger partial charge is 0.361 e. The maximum atomic E-state index is 13.2. The number of aromatic nitrogens is 1. The maximum absolute atomic E-state index is 13.2. The molecule has 1 aromatic carbocycles. The molecule has 1 saturated heterocycles. The minimum Gasteiger partial charge on any atom is -0.361 e. The highest BCUT2D eigenvalue weighted by atomic mass is 16.5. The smallest absolute Gasteiger partial charge is 0.230 e. The highest BCUT2D eigenvalue weighted by Crippen LogP contribution is 2.37. The Morgan fingerprint density at radius 3 is 2.52 bits per heavy atom. The quantitative estimate of drug-likeness (QED) is 0.790. The maximum Gasteiger partial charge on any atom is 0.230 e. The fourth-order valence-corrected chi connectivity index (χ4v) is 4.12. The summed E-state index contributed by atoms with van der Waals surface area (Å²) in [6.45, 7) is 6.84. The van der Waals surface area contributed by atoms with E-state index >= 15 is 0 Å². The van der Waals surface area contributed by atoms with Gasteiger partial charge in [0.2, 0.25) is 11.8 Å². The zero-order chi connectivity index (χ0) is 21.2. The van der Waals surface area contributed by atoms with E-state index in [1.54, 1.807) is 19.0 Å². The van der Waals surface area contributed by atoms with E-state index in [2.05, 4.69) is 5.16 Å². The van der Waals surface area contributed by atoms with Gasteiger partial charge in [-0.3, -0.25) is 9.59 Å². The van der Waals surface area contributed by atoms with E-state index in [1.807, 2.05) is 62.1 Å². The molecular formula is C23H31N3O3. The number of carbonyl (C=O) groups is 2. The second-order valence-corrected chi connectivity index (χ2v) is 9.28. The van der Waals surface area contributed by atoms with Crippen LogP contribution in [0, 0.1) is 10.8 Å². The SMILES string of the molecule is CN(C)C(=O)[C@]1(Cc2cc(-c3ccccc3)no2)CCCN(C(=O)C(C)(C)C)C1. The number of hydrogen-bond acceptors (Lipinski definition) is 4. The summed E-state index contributed by atoms with van der Waals surface area (Å²) in [5, 5.41) is 4.20. The zero-order valence-corrected chi connectivity index (χ0v) is 18.1. The summed E-state index contributed by atoms with van der Waals surface area (Å²) in [5.74, 6) is 0.779. The average Bonchev–Trinajstić information content (AvgIpc) is 3.15. The fraction of sp³-hybridized carbons (Fsp3) is 0.522. The molecule has 2 amide bonds. The van der Waals surface area contributed by atoms with Gasteiger partial charge in [-0.05, 0) is 12.8 Å². The Bertz CT molecular complexity index is 867. The summed E-state index contributed by atoms with van der Waals surface area (Å²) in [7, 11) is 3.54. The zero-order valence-electron chi connectivity index (χ0n) is 18.1. The number of piperidine rings is 1. The van der Waals surface area contributed by atoms with Crippen LogP contribution in [0.5, 0.6) is 0 Å². The van der Waals surface area contributed by atoms with Crippen molar-refractivity contribution in [2.75, 3.05) is 27.2 Å². The van der Waals surface area contributed by atoms with E-state index < -0.39 is 10.8 Å². The third-order valence-corrected chi connectivity index (χ3v) is 5.51. The van der Waals surface area contributed by atoms with Gasteiger partial charge < -0.3 is 14.3 Å². The van der Waals surface area contributed by atoms with E-state index in [0.717, 1.165) is 24.1 Å². The van der Waals surface area contributed by atoms with Gasteiger partial charge in [0.15, 0.2) is 0 Å². The molecule has 0 spiro atoms.